The van der Waals surface area contributed by atoms with E-state index in [4.69, 9.17) is 16.0 Å². The number of furan rings is 1. The first-order valence-corrected chi connectivity index (χ1v) is 10.9. The van der Waals surface area contributed by atoms with Gasteiger partial charge < -0.3 is 15.1 Å². The van der Waals surface area contributed by atoms with Crippen LogP contribution in [0.1, 0.15) is 21.4 Å². The molecule has 1 unspecified atom stereocenters. The molecule has 0 saturated heterocycles. The van der Waals surface area contributed by atoms with E-state index in [1.807, 2.05) is 42.5 Å². The van der Waals surface area contributed by atoms with Crippen molar-refractivity contribution in [1.82, 2.24) is 4.98 Å². The summed E-state index contributed by atoms with van der Waals surface area (Å²) in [5, 5.41) is 5.61. The molecule has 2 heterocycles. The van der Waals surface area contributed by atoms with Crippen molar-refractivity contribution in [2.45, 2.75) is 10.1 Å². The zero-order valence-electron chi connectivity index (χ0n) is 16.7. The van der Waals surface area contributed by atoms with Gasteiger partial charge in [-0.15, -0.1) is 11.8 Å². The van der Waals surface area contributed by atoms with Crippen LogP contribution in [0.25, 0.3) is 0 Å². The highest BCUT2D eigenvalue weighted by Gasteiger charge is 2.22. The summed E-state index contributed by atoms with van der Waals surface area (Å²) in [7, 11) is 0. The summed E-state index contributed by atoms with van der Waals surface area (Å²) in [6.45, 7) is 0. The van der Waals surface area contributed by atoms with Crippen molar-refractivity contribution in [1.29, 1.82) is 0 Å². The van der Waals surface area contributed by atoms with Crippen molar-refractivity contribution in [3.63, 3.8) is 0 Å². The van der Waals surface area contributed by atoms with Gasteiger partial charge in [0.15, 0.2) is 5.76 Å². The lowest BCUT2D eigenvalue weighted by Crippen LogP contribution is -2.19. The van der Waals surface area contributed by atoms with Crippen LogP contribution in [0.5, 0.6) is 0 Å². The molecule has 32 heavy (non-hydrogen) atoms. The van der Waals surface area contributed by atoms with E-state index >= 15 is 0 Å². The van der Waals surface area contributed by atoms with E-state index in [1.54, 1.807) is 36.4 Å². The largest absolute Gasteiger partial charge is 0.459 e. The molecule has 2 N–H and O–H groups in total. The van der Waals surface area contributed by atoms with Crippen molar-refractivity contribution in [2.24, 2.45) is 0 Å². The van der Waals surface area contributed by atoms with Crippen LogP contribution in [-0.2, 0) is 4.79 Å². The van der Waals surface area contributed by atoms with Gasteiger partial charge in [0.05, 0.1) is 11.3 Å². The van der Waals surface area contributed by atoms with Crippen LogP contribution >= 0.6 is 23.4 Å². The molecule has 4 aromatic rings. The molecule has 2 aromatic carbocycles. The molecule has 0 aliphatic heterocycles. The van der Waals surface area contributed by atoms with Gasteiger partial charge in [-0.25, -0.2) is 4.98 Å². The highest BCUT2D eigenvalue weighted by atomic mass is 35.5. The van der Waals surface area contributed by atoms with Crippen molar-refractivity contribution in [3.05, 3.63) is 108 Å². The number of halogens is 1. The van der Waals surface area contributed by atoms with Gasteiger partial charge in [0.2, 0.25) is 5.91 Å². The molecule has 1 atom stereocenters. The third kappa shape index (κ3) is 5.57. The van der Waals surface area contributed by atoms with Crippen molar-refractivity contribution in [3.8, 4) is 0 Å². The molecule has 0 aliphatic carbocycles. The Hall–Kier alpha value is -3.55. The second-order valence-electron chi connectivity index (χ2n) is 6.72. The molecule has 8 heteroatoms. The summed E-state index contributed by atoms with van der Waals surface area (Å²) in [5.74, 6) is 0.135. The molecule has 2 amide bonds. The Morgan fingerprint density at radius 2 is 1.69 bits per heavy atom. The molecule has 4 rings (SSSR count). The fourth-order valence-electron chi connectivity index (χ4n) is 2.90. The molecule has 0 fully saturated rings. The number of anilines is 2. The number of aromatic nitrogens is 1. The van der Waals surface area contributed by atoms with E-state index < -0.39 is 5.25 Å². The molecule has 0 aliphatic rings. The van der Waals surface area contributed by atoms with Crippen LogP contribution in [0, 0.1) is 0 Å². The average molecular weight is 464 g/mol. The Balaban J connectivity index is 1.49. The number of thioether (sulfide) groups is 1. The summed E-state index contributed by atoms with van der Waals surface area (Å²) in [6.07, 6.45) is 2.93. The zero-order valence-corrected chi connectivity index (χ0v) is 18.3. The quantitative estimate of drug-likeness (QED) is 0.326. The normalized spacial score (nSPS) is 11.5. The summed E-state index contributed by atoms with van der Waals surface area (Å²) in [4.78, 5) is 30.2. The van der Waals surface area contributed by atoms with E-state index in [0.717, 1.165) is 10.5 Å². The Kier molecular flexibility index (Phi) is 6.89. The number of hydrogen-bond acceptors (Lipinski definition) is 5. The second kappa shape index (κ2) is 10.2. The molecule has 6 nitrogen and oxygen atoms in total. The standard InChI is InChI=1S/C24H18ClN3O3S/c25-17-8-13-21(26-15-17)28-24(30)22(16-5-2-1-3-6-16)32-19-11-9-18(10-12-19)27-23(29)20-7-4-14-31-20/h1-15,22H,(H,27,29)(H,26,28,30). The molecule has 0 saturated carbocycles. The Bertz CT molecular complexity index is 1180. The number of hydrogen-bond donors (Lipinski definition) is 2. The van der Waals surface area contributed by atoms with Crippen LogP contribution in [0.4, 0.5) is 11.5 Å². The van der Waals surface area contributed by atoms with E-state index in [9.17, 15) is 9.59 Å². The molecule has 2 aromatic heterocycles. The van der Waals surface area contributed by atoms with Crippen molar-refractivity contribution < 1.29 is 14.0 Å². The first-order valence-electron chi connectivity index (χ1n) is 9.67. The maximum Gasteiger partial charge on any atom is 0.291 e. The molecule has 0 spiro atoms. The van der Waals surface area contributed by atoms with Crippen LogP contribution in [0.3, 0.4) is 0 Å². The minimum Gasteiger partial charge on any atom is -0.459 e. The topological polar surface area (TPSA) is 84.2 Å². The summed E-state index contributed by atoms with van der Waals surface area (Å²) < 4.78 is 5.10. The number of pyridine rings is 1. The minimum absolute atomic E-state index is 0.203. The molecule has 0 radical (unpaired) electrons. The van der Waals surface area contributed by atoms with Gasteiger partial charge in [-0.1, -0.05) is 41.9 Å². The van der Waals surface area contributed by atoms with Gasteiger partial charge in [-0.3, -0.25) is 9.59 Å². The Labute approximate surface area is 194 Å². The number of carbonyl (C=O) groups is 2. The lowest BCUT2D eigenvalue weighted by molar-refractivity contribution is -0.115. The van der Waals surface area contributed by atoms with Crippen LogP contribution in [0.15, 0.2) is 101 Å². The Morgan fingerprint density at radius 1 is 0.906 bits per heavy atom. The summed E-state index contributed by atoms with van der Waals surface area (Å²) in [5.41, 5.74) is 1.49. The van der Waals surface area contributed by atoms with Crippen LogP contribution < -0.4 is 10.6 Å². The van der Waals surface area contributed by atoms with Gasteiger partial charge in [-0.05, 0) is 54.1 Å². The SMILES string of the molecule is O=C(Nc1ccc(SC(C(=O)Nc2ccc(Cl)cn2)c2ccccc2)cc1)c1ccco1. The monoisotopic (exact) mass is 463 g/mol. The third-order valence-corrected chi connectivity index (χ3v) is 5.92. The fraction of sp³-hybridized carbons (Fsp3) is 0.0417. The summed E-state index contributed by atoms with van der Waals surface area (Å²) >= 11 is 7.28. The molecular weight excluding hydrogens is 446 g/mol. The van der Waals surface area contributed by atoms with Gasteiger partial charge in [-0.2, -0.15) is 0 Å². The number of rotatable bonds is 7. The van der Waals surface area contributed by atoms with E-state index in [1.165, 1.54) is 24.2 Å². The lowest BCUT2D eigenvalue weighted by Gasteiger charge is -2.17. The van der Waals surface area contributed by atoms with Gasteiger partial charge in [0, 0.05) is 16.8 Å². The zero-order chi connectivity index (χ0) is 22.3. The minimum atomic E-state index is -0.503. The van der Waals surface area contributed by atoms with E-state index in [0.29, 0.717) is 16.5 Å². The maximum absolute atomic E-state index is 13.1. The molecular formula is C24H18ClN3O3S. The number of amides is 2. The van der Waals surface area contributed by atoms with Crippen molar-refractivity contribution >= 4 is 46.7 Å². The number of benzene rings is 2. The average Bonchev–Trinajstić information content (AvgIpc) is 3.36. The first-order chi connectivity index (χ1) is 15.6. The third-order valence-electron chi connectivity index (χ3n) is 4.43. The predicted octanol–water partition coefficient (Wildman–Crippen LogP) is 6.05. The smallest absolute Gasteiger partial charge is 0.291 e. The summed E-state index contributed by atoms with van der Waals surface area (Å²) in [6, 6.07) is 23.4. The number of nitrogens with one attached hydrogen (secondary N) is 2. The van der Waals surface area contributed by atoms with Crippen LogP contribution in [0.2, 0.25) is 5.02 Å². The van der Waals surface area contributed by atoms with Gasteiger partial charge in [0.25, 0.3) is 5.91 Å². The van der Waals surface area contributed by atoms with E-state index in [-0.39, 0.29) is 17.6 Å². The van der Waals surface area contributed by atoms with E-state index in [2.05, 4.69) is 15.6 Å². The van der Waals surface area contributed by atoms with Crippen LogP contribution in [-0.4, -0.2) is 16.8 Å². The molecule has 160 valence electrons. The number of carbonyl (C=O) groups excluding carboxylic acids is 2. The van der Waals surface area contributed by atoms with Gasteiger partial charge >= 0.3 is 0 Å². The second-order valence-corrected chi connectivity index (χ2v) is 8.33. The lowest BCUT2D eigenvalue weighted by atomic mass is 10.1. The Morgan fingerprint density at radius 3 is 2.34 bits per heavy atom. The fourth-order valence-corrected chi connectivity index (χ4v) is 4.03. The molecule has 0 bridgehead atoms. The first kappa shape index (κ1) is 21.7. The highest BCUT2D eigenvalue weighted by Crippen LogP contribution is 2.36. The maximum atomic E-state index is 13.1. The number of nitrogens with zero attached hydrogens (tertiary/aromatic N) is 1. The van der Waals surface area contributed by atoms with Crippen molar-refractivity contribution in [2.75, 3.05) is 10.6 Å². The predicted molar refractivity (Wildman–Crippen MR) is 126 cm³/mol. The highest BCUT2D eigenvalue weighted by molar-refractivity contribution is 8.00. The van der Waals surface area contributed by atoms with Gasteiger partial charge in [0.1, 0.15) is 11.1 Å².